The van der Waals surface area contributed by atoms with E-state index >= 15 is 0 Å². The molecule has 5 heteroatoms. The molecule has 0 saturated carbocycles. The number of aromatic nitrogens is 3. The molecule has 0 bridgehead atoms. The number of benzene rings is 1. The van der Waals surface area contributed by atoms with Crippen molar-refractivity contribution in [2.45, 2.75) is 19.4 Å². The largest absolute Gasteiger partial charge is 0.324 e. The molecule has 2 rings (SSSR count). The van der Waals surface area contributed by atoms with Crippen LogP contribution in [-0.2, 0) is 26.4 Å². The summed E-state index contributed by atoms with van der Waals surface area (Å²) in [4.78, 5) is 4.30. The number of nitrogens with two attached hydrogens (primary N) is 1. The van der Waals surface area contributed by atoms with Crippen LogP contribution in [0.4, 0.5) is 4.39 Å². The Morgan fingerprint density at radius 1 is 1.35 bits per heavy atom. The molecule has 90 valence electrons. The highest BCUT2D eigenvalue weighted by Gasteiger charge is 2.05. The second kappa shape index (κ2) is 5.05. The van der Waals surface area contributed by atoms with Crippen LogP contribution in [0.15, 0.2) is 24.3 Å². The summed E-state index contributed by atoms with van der Waals surface area (Å²) < 4.78 is 14.6. The topological polar surface area (TPSA) is 56.7 Å². The molecule has 1 aromatic heterocycles. The fourth-order valence-corrected chi connectivity index (χ4v) is 1.71. The third-order valence-corrected chi connectivity index (χ3v) is 2.61. The van der Waals surface area contributed by atoms with Gasteiger partial charge in [-0.2, -0.15) is 5.10 Å². The zero-order valence-electron chi connectivity index (χ0n) is 9.73. The lowest BCUT2D eigenvalue weighted by atomic mass is 10.1. The van der Waals surface area contributed by atoms with E-state index in [9.17, 15) is 4.39 Å². The zero-order chi connectivity index (χ0) is 12.3. The Morgan fingerprint density at radius 2 is 2.18 bits per heavy atom. The minimum atomic E-state index is -0.209. The van der Waals surface area contributed by atoms with E-state index in [1.54, 1.807) is 10.7 Å². The maximum Gasteiger partial charge on any atom is 0.151 e. The second-order valence-corrected chi connectivity index (χ2v) is 3.90. The molecule has 4 nitrogen and oxygen atoms in total. The minimum Gasteiger partial charge on any atom is -0.324 e. The molecule has 0 aliphatic rings. The van der Waals surface area contributed by atoms with Gasteiger partial charge in [0.05, 0.1) is 6.54 Å². The molecule has 0 spiro atoms. The van der Waals surface area contributed by atoms with Crippen molar-refractivity contribution in [1.82, 2.24) is 14.8 Å². The average Bonchev–Trinajstić information content (AvgIpc) is 2.67. The number of halogens is 1. The summed E-state index contributed by atoms with van der Waals surface area (Å²) in [5, 5.41) is 4.25. The average molecular weight is 234 g/mol. The molecule has 0 radical (unpaired) electrons. The van der Waals surface area contributed by atoms with Crippen LogP contribution < -0.4 is 5.73 Å². The summed E-state index contributed by atoms with van der Waals surface area (Å²) >= 11 is 0. The Morgan fingerprint density at radius 3 is 2.82 bits per heavy atom. The highest BCUT2D eigenvalue weighted by Crippen LogP contribution is 2.07. The normalized spacial score (nSPS) is 10.8. The quantitative estimate of drug-likeness (QED) is 0.864. The summed E-state index contributed by atoms with van der Waals surface area (Å²) in [5.74, 6) is 1.30. The third-order valence-electron chi connectivity index (χ3n) is 2.61. The fourth-order valence-electron chi connectivity index (χ4n) is 1.71. The fraction of sp³-hybridized carbons (Fsp3) is 0.333. The second-order valence-electron chi connectivity index (χ2n) is 3.90. The van der Waals surface area contributed by atoms with Crippen LogP contribution in [0, 0.1) is 5.82 Å². The summed E-state index contributed by atoms with van der Waals surface area (Å²) in [5.41, 5.74) is 6.47. The molecule has 17 heavy (non-hydrogen) atoms. The van der Waals surface area contributed by atoms with Crippen molar-refractivity contribution in [2.24, 2.45) is 12.8 Å². The van der Waals surface area contributed by atoms with Gasteiger partial charge in [0.15, 0.2) is 5.82 Å². The Bertz CT molecular complexity index is 507. The smallest absolute Gasteiger partial charge is 0.151 e. The van der Waals surface area contributed by atoms with Gasteiger partial charge in [-0.3, -0.25) is 4.68 Å². The van der Waals surface area contributed by atoms with Crippen molar-refractivity contribution in [2.75, 3.05) is 0 Å². The van der Waals surface area contributed by atoms with Crippen LogP contribution >= 0.6 is 0 Å². The zero-order valence-corrected chi connectivity index (χ0v) is 9.73. The molecule has 1 aromatic carbocycles. The standard InChI is InChI=1S/C12H15FN4/c1-17-12(8-14)15-11(16-17)6-5-9-3-2-4-10(13)7-9/h2-4,7H,5-6,8,14H2,1H3. The number of hydrogen-bond acceptors (Lipinski definition) is 3. The molecule has 2 aromatic rings. The Labute approximate surface area is 99.3 Å². The molecule has 0 atom stereocenters. The lowest BCUT2D eigenvalue weighted by Crippen LogP contribution is -2.05. The molecule has 0 unspecified atom stereocenters. The maximum atomic E-state index is 13.0. The lowest BCUT2D eigenvalue weighted by molar-refractivity contribution is 0.624. The van der Waals surface area contributed by atoms with E-state index in [4.69, 9.17) is 5.73 Å². The third kappa shape index (κ3) is 2.88. The molecule has 0 saturated heterocycles. The van der Waals surface area contributed by atoms with E-state index in [1.165, 1.54) is 12.1 Å². The summed E-state index contributed by atoms with van der Waals surface area (Å²) in [6, 6.07) is 6.58. The monoisotopic (exact) mass is 234 g/mol. The van der Waals surface area contributed by atoms with Crippen molar-refractivity contribution in [3.8, 4) is 0 Å². The van der Waals surface area contributed by atoms with Crippen LogP contribution in [0.5, 0.6) is 0 Å². The highest BCUT2D eigenvalue weighted by molar-refractivity contribution is 5.17. The van der Waals surface area contributed by atoms with Crippen LogP contribution in [0.3, 0.4) is 0 Å². The van der Waals surface area contributed by atoms with Gasteiger partial charge in [-0.1, -0.05) is 12.1 Å². The van der Waals surface area contributed by atoms with E-state index < -0.39 is 0 Å². The van der Waals surface area contributed by atoms with Crippen LogP contribution in [-0.4, -0.2) is 14.8 Å². The minimum absolute atomic E-state index is 0.209. The van der Waals surface area contributed by atoms with Gasteiger partial charge >= 0.3 is 0 Å². The summed E-state index contributed by atoms with van der Waals surface area (Å²) in [6.07, 6.45) is 1.42. The maximum absolute atomic E-state index is 13.0. The Hall–Kier alpha value is -1.75. The van der Waals surface area contributed by atoms with Crippen LogP contribution in [0.25, 0.3) is 0 Å². The molecular formula is C12H15FN4. The van der Waals surface area contributed by atoms with Gasteiger partial charge in [0.25, 0.3) is 0 Å². The van der Waals surface area contributed by atoms with Gasteiger partial charge in [-0.05, 0) is 24.1 Å². The molecular weight excluding hydrogens is 219 g/mol. The number of hydrogen-bond donors (Lipinski definition) is 1. The predicted octanol–water partition coefficient (Wildman–Crippen LogP) is 1.20. The van der Waals surface area contributed by atoms with Crippen molar-refractivity contribution in [3.63, 3.8) is 0 Å². The van der Waals surface area contributed by atoms with Gasteiger partial charge in [-0.25, -0.2) is 9.37 Å². The van der Waals surface area contributed by atoms with E-state index in [0.717, 1.165) is 23.6 Å². The molecule has 1 heterocycles. The summed E-state index contributed by atoms with van der Waals surface area (Å²) in [7, 11) is 1.82. The number of aryl methyl sites for hydroxylation is 3. The molecule has 0 aliphatic carbocycles. The first-order chi connectivity index (χ1) is 8.19. The van der Waals surface area contributed by atoms with E-state index in [2.05, 4.69) is 10.1 Å². The van der Waals surface area contributed by atoms with Gasteiger partial charge in [0.2, 0.25) is 0 Å². The molecule has 2 N–H and O–H groups in total. The van der Waals surface area contributed by atoms with Crippen molar-refractivity contribution in [1.29, 1.82) is 0 Å². The van der Waals surface area contributed by atoms with Crippen LogP contribution in [0.1, 0.15) is 17.2 Å². The Kier molecular flexibility index (Phi) is 3.49. The Balaban J connectivity index is 2.02. The van der Waals surface area contributed by atoms with Gasteiger partial charge in [0, 0.05) is 13.5 Å². The summed E-state index contributed by atoms with van der Waals surface area (Å²) in [6.45, 7) is 0.378. The number of nitrogens with zero attached hydrogens (tertiary/aromatic N) is 3. The first-order valence-electron chi connectivity index (χ1n) is 5.52. The van der Waals surface area contributed by atoms with Gasteiger partial charge in [0.1, 0.15) is 11.6 Å². The highest BCUT2D eigenvalue weighted by atomic mass is 19.1. The SMILES string of the molecule is Cn1nc(CCc2cccc(F)c2)nc1CN. The number of rotatable bonds is 4. The van der Waals surface area contributed by atoms with E-state index in [0.29, 0.717) is 13.0 Å². The van der Waals surface area contributed by atoms with Crippen molar-refractivity contribution in [3.05, 3.63) is 47.3 Å². The van der Waals surface area contributed by atoms with Gasteiger partial charge in [-0.15, -0.1) is 0 Å². The van der Waals surface area contributed by atoms with Crippen molar-refractivity contribution < 1.29 is 4.39 Å². The molecule has 0 aliphatic heterocycles. The van der Waals surface area contributed by atoms with E-state index in [-0.39, 0.29) is 5.82 Å². The molecule has 0 fully saturated rings. The first kappa shape index (κ1) is 11.7. The van der Waals surface area contributed by atoms with Gasteiger partial charge < -0.3 is 5.73 Å². The van der Waals surface area contributed by atoms with Crippen molar-refractivity contribution >= 4 is 0 Å². The van der Waals surface area contributed by atoms with E-state index in [1.807, 2.05) is 13.1 Å². The predicted molar refractivity (Wildman–Crippen MR) is 62.7 cm³/mol. The molecule has 0 amide bonds. The first-order valence-corrected chi connectivity index (χ1v) is 5.52. The van der Waals surface area contributed by atoms with Crippen LogP contribution in [0.2, 0.25) is 0 Å². The lowest BCUT2D eigenvalue weighted by Gasteiger charge is -1.98.